The Kier molecular flexibility index (Phi) is 8.58. The molecule has 3 heterocycles. The minimum atomic E-state index is -4.42. The highest BCUT2D eigenvalue weighted by Gasteiger charge is 2.58. The third-order valence-electron chi connectivity index (χ3n) is 5.88. The van der Waals surface area contributed by atoms with Crippen LogP contribution >= 0.6 is 7.75 Å². The van der Waals surface area contributed by atoms with Crippen molar-refractivity contribution in [3.05, 3.63) is 47.0 Å². The second kappa shape index (κ2) is 11.6. The summed E-state index contributed by atoms with van der Waals surface area (Å²) in [5.74, 6) is -3.06. The number of hydrogen-bond acceptors (Lipinski definition) is 12. The zero-order valence-corrected chi connectivity index (χ0v) is 22.9. The molecule has 17 heteroatoms. The molecule has 1 fully saturated rings. The van der Waals surface area contributed by atoms with E-state index < -0.39 is 62.3 Å². The number of anilines is 1. The lowest BCUT2D eigenvalue weighted by molar-refractivity contribution is -0.266. The molecular formula is C23H30FN6O9P. The van der Waals surface area contributed by atoms with Crippen LogP contribution in [0.2, 0.25) is 0 Å². The Morgan fingerprint density at radius 1 is 1.35 bits per heavy atom. The zero-order valence-electron chi connectivity index (χ0n) is 22.0. The van der Waals surface area contributed by atoms with Gasteiger partial charge in [-0.1, -0.05) is 18.2 Å². The Bertz CT molecular complexity index is 1450. The lowest BCUT2D eigenvalue weighted by atomic mass is 10.1. The van der Waals surface area contributed by atoms with Gasteiger partial charge < -0.3 is 29.6 Å². The average molecular weight is 584 g/mol. The molecule has 5 N–H and O–H groups in total. The van der Waals surface area contributed by atoms with Crippen LogP contribution in [0.15, 0.2) is 41.5 Å². The van der Waals surface area contributed by atoms with E-state index in [9.17, 15) is 19.3 Å². The summed E-state index contributed by atoms with van der Waals surface area (Å²) >= 11 is 0. The molecule has 1 aliphatic heterocycles. The van der Waals surface area contributed by atoms with Crippen molar-refractivity contribution in [1.29, 1.82) is 0 Å². The van der Waals surface area contributed by atoms with Crippen molar-refractivity contribution < 1.29 is 42.1 Å². The molecule has 0 aliphatic carbocycles. The molecule has 0 spiro atoms. The third kappa shape index (κ3) is 6.01. The fourth-order valence-corrected chi connectivity index (χ4v) is 5.44. The highest BCUT2D eigenvalue weighted by molar-refractivity contribution is 7.52. The van der Waals surface area contributed by atoms with E-state index in [1.807, 2.05) is 0 Å². The molecule has 40 heavy (non-hydrogen) atoms. The minimum Gasteiger partial charge on any atom is -0.462 e. The Balaban J connectivity index is 1.60. The molecule has 1 aromatic carbocycles. The van der Waals surface area contributed by atoms with E-state index >= 15 is 4.39 Å². The number of carbonyl (C=O) groups excluding carboxylic acids is 1. The lowest BCUT2D eigenvalue weighted by Gasteiger charge is -2.32. The maximum absolute atomic E-state index is 15.5. The molecule has 1 saturated heterocycles. The van der Waals surface area contributed by atoms with Crippen LogP contribution in [-0.2, 0) is 28.1 Å². The molecule has 218 valence electrons. The standard InChI is InChI=1S/C23H30FN6O9P/c1-12(2)37-21(33)13(3)29-40(34,39-14-8-6-5-7-9-14)36-10-23(35-4)17(31)15(24)20(38-23)30-11-26-16-18(30)27-22(25)28-19(16)32/h5-9,11-13,15,17,20,31H,10H2,1-4H3,(H,29,34)(H3,25,27,28,32)/t13-,15-,17+,20-,23-,40-/m1/s1. The number of aliphatic hydroxyl groups excluding tert-OH is 1. The van der Waals surface area contributed by atoms with E-state index in [-0.39, 0.29) is 22.9 Å². The largest absolute Gasteiger partial charge is 0.462 e. The van der Waals surface area contributed by atoms with Crippen molar-refractivity contribution in [3.8, 4) is 5.75 Å². The number of aromatic nitrogens is 4. The van der Waals surface area contributed by atoms with Gasteiger partial charge in [-0.05, 0) is 32.9 Å². The topological polar surface area (TPSA) is 202 Å². The molecule has 2 aromatic heterocycles. The number of nitrogens with two attached hydrogens (primary N) is 1. The number of nitrogens with one attached hydrogen (secondary N) is 2. The Morgan fingerprint density at radius 3 is 2.70 bits per heavy atom. The van der Waals surface area contributed by atoms with Crippen molar-refractivity contribution in [1.82, 2.24) is 24.6 Å². The monoisotopic (exact) mass is 584 g/mol. The first-order valence-electron chi connectivity index (χ1n) is 12.1. The smallest absolute Gasteiger partial charge is 0.459 e. The molecule has 0 unspecified atom stereocenters. The van der Waals surface area contributed by atoms with Crippen LogP contribution in [0.1, 0.15) is 27.0 Å². The van der Waals surface area contributed by atoms with Crippen LogP contribution in [-0.4, -0.2) is 74.5 Å². The summed E-state index contributed by atoms with van der Waals surface area (Å²) in [5.41, 5.74) is 4.71. The van der Waals surface area contributed by atoms with Gasteiger partial charge in [-0.25, -0.2) is 13.9 Å². The van der Waals surface area contributed by atoms with Crippen molar-refractivity contribution in [2.24, 2.45) is 0 Å². The van der Waals surface area contributed by atoms with Crippen LogP contribution in [0.3, 0.4) is 0 Å². The van der Waals surface area contributed by atoms with Crippen molar-refractivity contribution >= 4 is 30.8 Å². The minimum absolute atomic E-state index is 0.105. The predicted octanol–water partition coefficient (Wildman–Crippen LogP) is 1.41. The van der Waals surface area contributed by atoms with Gasteiger partial charge in [-0.3, -0.25) is 23.7 Å². The van der Waals surface area contributed by atoms with Crippen LogP contribution in [0.25, 0.3) is 11.2 Å². The second-order valence-electron chi connectivity index (χ2n) is 9.20. The third-order valence-corrected chi connectivity index (χ3v) is 7.50. The first-order chi connectivity index (χ1) is 18.9. The summed E-state index contributed by atoms with van der Waals surface area (Å²) in [6, 6.07) is 6.79. The zero-order chi connectivity index (χ0) is 29.2. The van der Waals surface area contributed by atoms with E-state index in [0.29, 0.717) is 0 Å². The van der Waals surface area contributed by atoms with Gasteiger partial charge in [-0.2, -0.15) is 10.1 Å². The van der Waals surface area contributed by atoms with Gasteiger partial charge in [0.1, 0.15) is 24.5 Å². The summed E-state index contributed by atoms with van der Waals surface area (Å²) in [5, 5.41) is 13.3. The number of halogens is 1. The summed E-state index contributed by atoms with van der Waals surface area (Å²) < 4.78 is 57.8. The number of benzene rings is 1. The van der Waals surface area contributed by atoms with Gasteiger partial charge in [0.15, 0.2) is 23.6 Å². The number of methoxy groups -OCH3 is 1. The summed E-state index contributed by atoms with van der Waals surface area (Å²) in [6.07, 6.45) is -5.07. The molecular weight excluding hydrogens is 554 g/mol. The number of nitrogen functional groups attached to an aromatic ring is 1. The number of para-hydroxylation sites is 1. The van der Waals surface area contributed by atoms with E-state index in [4.69, 9.17) is 29.0 Å². The van der Waals surface area contributed by atoms with E-state index in [0.717, 1.165) is 18.0 Å². The van der Waals surface area contributed by atoms with E-state index in [1.165, 1.54) is 19.1 Å². The molecule has 0 bridgehead atoms. The molecule has 0 amide bonds. The fourth-order valence-electron chi connectivity index (χ4n) is 3.93. The first-order valence-corrected chi connectivity index (χ1v) is 13.7. The van der Waals surface area contributed by atoms with Gasteiger partial charge in [0.2, 0.25) is 11.7 Å². The number of aromatic amines is 1. The second-order valence-corrected chi connectivity index (χ2v) is 10.9. The number of H-pyrrole nitrogens is 1. The van der Waals surface area contributed by atoms with Crippen molar-refractivity contribution in [3.63, 3.8) is 0 Å². The molecule has 0 saturated carbocycles. The van der Waals surface area contributed by atoms with Gasteiger partial charge in [-0.15, -0.1) is 0 Å². The van der Waals surface area contributed by atoms with Gasteiger partial charge in [0, 0.05) is 7.11 Å². The highest BCUT2D eigenvalue weighted by atomic mass is 31.2. The SMILES string of the molecule is CO[C@]1(CO[P@](=O)(N[C@H](C)C(=O)OC(C)C)Oc2ccccc2)O[C@@H](n2cnc3c(=O)[nH]c(N)nc32)[C@H](F)[C@@H]1O. The normalized spacial score (nSPS) is 25.1. The van der Waals surface area contributed by atoms with Crippen LogP contribution in [0.4, 0.5) is 10.3 Å². The molecule has 6 atom stereocenters. The Labute approximate surface area is 227 Å². The van der Waals surface area contributed by atoms with Crippen molar-refractivity contribution in [2.75, 3.05) is 19.5 Å². The number of alkyl halides is 1. The van der Waals surface area contributed by atoms with Gasteiger partial charge in [0.05, 0.1) is 12.4 Å². The molecule has 1 aliphatic rings. The number of imidazole rings is 1. The van der Waals surface area contributed by atoms with E-state index in [2.05, 4.69) is 20.0 Å². The highest BCUT2D eigenvalue weighted by Crippen LogP contribution is 2.48. The summed E-state index contributed by atoms with van der Waals surface area (Å²) in [4.78, 5) is 34.7. The lowest BCUT2D eigenvalue weighted by Crippen LogP contribution is -2.48. The van der Waals surface area contributed by atoms with Crippen LogP contribution in [0.5, 0.6) is 5.75 Å². The Hall–Kier alpha value is -3.40. The maximum Gasteiger partial charge on any atom is 0.459 e. The quantitative estimate of drug-likeness (QED) is 0.186. The van der Waals surface area contributed by atoms with Crippen LogP contribution in [0, 0.1) is 0 Å². The number of hydrogen-bond donors (Lipinski definition) is 4. The number of carbonyl (C=O) groups is 1. The first kappa shape index (κ1) is 29.6. The summed E-state index contributed by atoms with van der Waals surface area (Å²) in [7, 11) is -3.30. The number of esters is 1. The van der Waals surface area contributed by atoms with E-state index in [1.54, 1.807) is 32.0 Å². The van der Waals surface area contributed by atoms with Gasteiger partial charge in [0.25, 0.3) is 5.56 Å². The molecule has 3 aromatic rings. The number of rotatable bonds is 11. The molecule has 0 radical (unpaired) electrons. The van der Waals surface area contributed by atoms with Crippen molar-refractivity contribution in [2.45, 2.75) is 57.2 Å². The number of nitrogens with zero attached hydrogens (tertiary/aromatic N) is 3. The Morgan fingerprint density at radius 2 is 2.05 bits per heavy atom. The number of fused-ring (bicyclic) bond motifs is 1. The average Bonchev–Trinajstić information content (AvgIpc) is 3.42. The summed E-state index contributed by atoms with van der Waals surface area (Å²) in [6.45, 7) is 3.86. The molecule has 4 rings (SSSR count). The van der Waals surface area contributed by atoms with Crippen LogP contribution < -0.4 is 20.9 Å². The fraction of sp³-hybridized carbons (Fsp3) is 0.478. The molecule has 15 nitrogen and oxygen atoms in total. The number of ether oxygens (including phenoxy) is 3. The van der Waals surface area contributed by atoms with Gasteiger partial charge >= 0.3 is 13.7 Å². The predicted molar refractivity (Wildman–Crippen MR) is 138 cm³/mol. The number of aliphatic hydroxyl groups is 1. The maximum atomic E-state index is 15.5.